The number of sulfonamides is 1. The molecule has 26 heavy (non-hydrogen) atoms. The number of halogens is 2. The van der Waals surface area contributed by atoms with Crippen molar-refractivity contribution in [2.45, 2.75) is 17.7 Å². The number of amides is 1. The van der Waals surface area contributed by atoms with E-state index in [9.17, 15) is 13.2 Å². The van der Waals surface area contributed by atoms with Crippen molar-refractivity contribution in [1.82, 2.24) is 4.72 Å². The second kappa shape index (κ2) is 7.65. The van der Waals surface area contributed by atoms with Gasteiger partial charge in [-0.3, -0.25) is 14.5 Å². The minimum atomic E-state index is -3.76. The molecule has 2 aromatic rings. The highest BCUT2D eigenvalue weighted by atomic mass is 35.5. The predicted octanol–water partition coefficient (Wildman–Crippen LogP) is 3.72. The first-order valence-electron chi connectivity index (χ1n) is 7.78. The lowest BCUT2D eigenvalue weighted by Gasteiger charge is -2.11. The van der Waals surface area contributed by atoms with Crippen molar-refractivity contribution < 1.29 is 13.2 Å². The van der Waals surface area contributed by atoms with Crippen LogP contribution in [0, 0.1) is 0 Å². The molecule has 1 aliphatic heterocycles. The molecule has 2 N–H and O–H groups in total. The van der Waals surface area contributed by atoms with Crippen LogP contribution in [0.5, 0.6) is 0 Å². The summed E-state index contributed by atoms with van der Waals surface area (Å²) < 4.78 is 27.4. The Kier molecular flexibility index (Phi) is 5.50. The number of anilines is 1. The Balaban J connectivity index is 1.81. The van der Waals surface area contributed by atoms with Crippen LogP contribution in [0.15, 0.2) is 52.4 Å². The van der Waals surface area contributed by atoms with Crippen molar-refractivity contribution >= 4 is 50.7 Å². The van der Waals surface area contributed by atoms with Gasteiger partial charge in [0.2, 0.25) is 0 Å². The highest BCUT2D eigenvalue weighted by molar-refractivity contribution is 7.90. The molecule has 0 atom stereocenters. The first-order valence-corrected chi connectivity index (χ1v) is 10.0. The molecule has 0 spiro atoms. The molecule has 9 heteroatoms. The smallest absolute Gasteiger partial charge is 0.262 e. The van der Waals surface area contributed by atoms with Gasteiger partial charge < -0.3 is 5.32 Å². The van der Waals surface area contributed by atoms with Crippen molar-refractivity contribution in [2.75, 3.05) is 11.9 Å². The molecule has 2 aromatic carbocycles. The minimum absolute atomic E-state index is 0.0297. The van der Waals surface area contributed by atoms with E-state index in [0.29, 0.717) is 24.5 Å². The number of nitrogens with zero attached hydrogens (tertiary/aromatic N) is 1. The average Bonchev–Trinajstić information content (AvgIpc) is 3.10. The van der Waals surface area contributed by atoms with Crippen LogP contribution in [-0.4, -0.2) is 26.7 Å². The third kappa shape index (κ3) is 4.17. The minimum Gasteiger partial charge on any atom is -0.322 e. The summed E-state index contributed by atoms with van der Waals surface area (Å²) in [5, 5.41) is 3.02. The lowest BCUT2D eigenvalue weighted by Crippen LogP contribution is -2.29. The van der Waals surface area contributed by atoms with Crippen molar-refractivity contribution in [3.8, 4) is 0 Å². The molecule has 1 amide bonds. The van der Waals surface area contributed by atoms with Crippen LogP contribution in [0.25, 0.3) is 0 Å². The molecule has 3 rings (SSSR count). The van der Waals surface area contributed by atoms with E-state index < -0.39 is 15.9 Å². The van der Waals surface area contributed by atoms with Crippen molar-refractivity contribution in [3.63, 3.8) is 0 Å². The molecular weight excluding hydrogens is 397 g/mol. The van der Waals surface area contributed by atoms with E-state index in [1.165, 1.54) is 18.2 Å². The van der Waals surface area contributed by atoms with Gasteiger partial charge in [0.15, 0.2) is 0 Å². The van der Waals surface area contributed by atoms with Gasteiger partial charge >= 0.3 is 0 Å². The fourth-order valence-corrected chi connectivity index (χ4v) is 3.98. The van der Waals surface area contributed by atoms with Crippen LogP contribution in [0.1, 0.15) is 23.2 Å². The summed E-state index contributed by atoms with van der Waals surface area (Å²) in [6, 6.07) is 10.7. The zero-order valence-corrected chi connectivity index (χ0v) is 15.8. The molecule has 0 saturated heterocycles. The van der Waals surface area contributed by atoms with Gasteiger partial charge in [-0.15, -0.1) is 0 Å². The predicted molar refractivity (Wildman–Crippen MR) is 103 cm³/mol. The van der Waals surface area contributed by atoms with Crippen molar-refractivity contribution in [2.24, 2.45) is 4.99 Å². The molecule has 0 saturated carbocycles. The average molecular weight is 412 g/mol. The van der Waals surface area contributed by atoms with Gasteiger partial charge in [0, 0.05) is 18.7 Å². The Labute approximate surface area is 161 Å². The largest absolute Gasteiger partial charge is 0.322 e. The third-order valence-corrected chi connectivity index (χ3v) is 5.92. The van der Waals surface area contributed by atoms with Crippen molar-refractivity contribution in [1.29, 1.82) is 0 Å². The Bertz CT molecular complexity index is 990. The number of carbonyl (C=O) groups is 1. The van der Waals surface area contributed by atoms with Crippen LogP contribution in [0.3, 0.4) is 0 Å². The maximum atomic E-state index is 12.5. The molecule has 0 unspecified atom stereocenters. The quantitative estimate of drug-likeness (QED) is 0.803. The molecule has 0 fully saturated rings. The summed E-state index contributed by atoms with van der Waals surface area (Å²) in [4.78, 5) is 16.5. The fourth-order valence-electron chi connectivity index (χ4n) is 2.46. The van der Waals surface area contributed by atoms with Gasteiger partial charge in [-0.05, 0) is 36.8 Å². The maximum Gasteiger partial charge on any atom is 0.262 e. The van der Waals surface area contributed by atoms with Gasteiger partial charge in [-0.2, -0.15) is 0 Å². The van der Waals surface area contributed by atoms with E-state index in [0.717, 1.165) is 6.42 Å². The summed E-state index contributed by atoms with van der Waals surface area (Å²) in [6.45, 7) is 0.619. The van der Waals surface area contributed by atoms with Crippen LogP contribution in [0.4, 0.5) is 5.69 Å². The Hall–Kier alpha value is -2.09. The zero-order valence-electron chi connectivity index (χ0n) is 13.5. The molecular formula is C17H15Cl2N3O3S. The van der Waals surface area contributed by atoms with Crippen LogP contribution in [0.2, 0.25) is 10.0 Å². The second-order valence-corrected chi connectivity index (χ2v) is 8.09. The lowest BCUT2D eigenvalue weighted by molar-refractivity contribution is 0.102. The van der Waals surface area contributed by atoms with E-state index in [1.807, 2.05) is 0 Å². The van der Waals surface area contributed by atoms with Gasteiger partial charge in [-0.25, -0.2) is 8.42 Å². The molecule has 0 bridgehead atoms. The monoisotopic (exact) mass is 411 g/mol. The van der Waals surface area contributed by atoms with E-state index in [4.69, 9.17) is 23.2 Å². The lowest BCUT2D eigenvalue weighted by atomic mass is 10.2. The number of aliphatic imine (C=N–C) groups is 1. The number of benzene rings is 2. The number of nitrogens with one attached hydrogen (secondary N) is 2. The Morgan fingerprint density at radius 3 is 2.62 bits per heavy atom. The number of rotatable bonds is 4. The molecule has 1 heterocycles. The van der Waals surface area contributed by atoms with Gasteiger partial charge in [0.05, 0.1) is 20.5 Å². The van der Waals surface area contributed by atoms with E-state index in [2.05, 4.69) is 15.0 Å². The summed E-state index contributed by atoms with van der Waals surface area (Å²) in [5.41, 5.74) is 0.521. The summed E-state index contributed by atoms with van der Waals surface area (Å²) >= 11 is 12.0. The van der Waals surface area contributed by atoms with Gasteiger partial charge in [-0.1, -0.05) is 35.3 Å². The van der Waals surface area contributed by atoms with E-state index in [1.54, 1.807) is 24.3 Å². The number of amidine groups is 1. The normalized spacial score (nSPS) is 14.0. The number of hydrogen-bond donors (Lipinski definition) is 2. The topological polar surface area (TPSA) is 87.6 Å². The summed E-state index contributed by atoms with van der Waals surface area (Å²) in [7, 11) is -3.76. The Morgan fingerprint density at radius 1 is 1.12 bits per heavy atom. The van der Waals surface area contributed by atoms with Gasteiger partial charge in [0.1, 0.15) is 5.84 Å². The zero-order chi connectivity index (χ0) is 18.7. The molecule has 1 aliphatic rings. The number of carbonyl (C=O) groups excluding carboxylic acids is 1. The van der Waals surface area contributed by atoms with Gasteiger partial charge in [0.25, 0.3) is 15.9 Å². The third-order valence-electron chi connectivity index (χ3n) is 3.72. The van der Waals surface area contributed by atoms with Crippen LogP contribution in [-0.2, 0) is 10.0 Å². The molecule has 0 radical (unpaired) electrons. The standard InChI is InChI=1S/C17H15Cl2N3O3S/c18-14-7-2-6-13(16(14)19)17(23)21-11-4-1-5-12(10-11)26(24,25)22-15-8-3-9-20-15/h1-2,4-7,10H,3,8-9H2,(H,20,22)(H,21,23). The molecule has 0 aromatic heterocycles. The first kappa shape index (κ1) is 18.7. The van der Waals surface area contributed by atoms with Crippen LogP contribution >= 0.6 is 23.2 Å². The van der Waals surface area contributed by atoms with E-state index in [-0.39, 0.29) is 20.5 Å². The maximum absolute atomic E-state index is 12.5. The SMILES string of the molecule is O=C(Nc1cccc(S(=O)(=O)NC2=NCCC2)c1)c1cccc(Cl)c1Cl. The number of hydrogen-bond acceptors (Lipinski definition) is 4. The molecule has 6 nitrogen and oxygen atoms in total. The van der Waals surface area contributed by atoms with Crippen molar-refractivity contribution in [3.05, 3.63) is 58.1 Å². The Morgan fingerprint density at radius 2 is 1.88 bits per heavy atom. The molecule has 136 valence electrons. The highest BCUT2D eigenvalue weighted by Crippen LogP contribution is 2.26. The second-order valence-electron chi connectivity index (χ2n) is 5.62. The van der Waals surface area contributed by atoms with E-state index >= 15 is 0 Å². The molecule has 0 aliphatic carbocycles. The summed E-state index contributed by atoms with van der Waals surface area (Å²) in [5.74, 6) is -0.0367. The van der Waals surface area contributed by atoms with Crippen LogP contribution < -0.4 is 10.0 Å². The summed E-state index contributed by atoms with van der Waals surface area (Å²) in [6.07, 6.45) is 1.43. The fraction of sp³-hybridized carbons (Fsp3) is 0.176. The first-order chi connectivity index (χ1) is 12.4. The highest BCUT2D eigenvalue weighted by Gasteiger charge is 2.19.